The molecule has 0 saturated heterocycles. The summed E-state index contributed by atoms with van der Waals surface area (Å²) in [4.78, 5) is 0. The van der Waals surface area contributed by atoms with Gasteiger partial charge in [-0.15, -0.1) is 10.2 Å². The van der Waals surface area contributed by atoms with Crippen molar-refractivity contribution in [2.75, 3.05) is 0 Å². The highest BCUT2D eigenvalue weighted by Crippen LogP contribution is 2.28. The fraction of sp³-hybridized carbons (Fsp3) is 0.533. The number of nitrogens with zero attached hydrogens (tertiary/aromatic N) is 3. The van der Waals surface area contributed by atoms with E-state index in [2.05, 4.69) is 84.0 Å². The van der Waals surface area contributed by atoms with Crippen LogP contribution in [0.4, 0.5) is 0 Å². The van der Waals surface area contributed by atoms with Gasteiger partial charge in [-0.2, -0.15) is 5.21 Å². The third-order valence-electron chi connectivity index (χ3n) is 3.66. The normalized spacial score (nSPS) is 15.0. The van der Waals surface area contributed by atoms with Gasteiger partial charge in [0.05, 0.1) is 6.04 Å². The van der Waals surface area contributed by atoms with E-state index >= 15 is 0 Å². The molecule has 1 heterocycles. The topological polar surface area (TPSA) is 66.5 Å². The molecule has 2 atom stereocenters. The van der Waals surface area contributed by atoms with E-state index < -0.39 is 0 Å². The number of hydrogen-bond donors (Lipinski definition) is 2. The van der Waals surface area contributed by atoms with Gasteiger partial charge in [0.2, 0.25) is 0 Å². The van der Waals surface area contributed by atoms with Gasteiger partial charge in [-0.25, -0.2) is 0 Å². The van der Waals surface area contributed by atoms with Crippen LogP contribution in [0.1, 0.15) is 51.5 Å². The highest BCUT2D eigenvalue weighted by molar-refractivity contribution is 5.23. The Kier molecular flexibility index (Phi) is 4.49. The van der Waals surface area contributed by atoms with E-state index in [1.54, 1.807) is 0 Å². The molecule has 5 nitrogen and oxygen atoms in total. The highest BCUT2D eigenvalue weighted by Gasteiger charge is 2.24. The number of nitrogens with one attached hydrogen (secondary N) is 2. The number of H-pyrrole nitrogens is 1. The molecule has 0 aliphatic heterocycles. The molecular weight excluding hydrogens is 250 g/mol. The van der Waals surface area contributed by atoms with Crippen LogP contribution in [0.2, 0.25) is 0 Å². The van der Waals surface area contributed by atoms with E-state index in [1.807, 2.05) is 0 Å². The van der Waals surface area contributed by atoms with Crippen molar-refractivity contribution in [1.29, 1.82) is 0 Å². The van der Waals surface area contributed by atoms with Crippen molar-refractivity contribution >= 4 is 0 Å². The Morgan fingerprint density at radius 2 is 1.90 bits per heavy atom. The second-order valence-electron chi connectivity index (χ2n) is 6.01. The Balaban J connectivity index is 1.95. The lowest BCUT2D eigenvalue weighted by atomic mass is 9.79. The average Bonchev–Trinajstić information content (AvgIpc) is 2.93. The number of benzene rings is 1. The molecule has 0 amide bonds. The summed E-state index contributed by atoms with van der Waals surface area (Å²) in [6.07, 6.45) is 1.04. The van der Waals surface area contributed by atoms with Crippen LogP contribution >= 0.6 is 0 Å². The quantitative estimate of drug-likeness (QED) is 0.849. The summed E-state index contributed by atoms with van der Waals surface area (Å²) in [6, 6.07) is 11.1. The first-order valence-corrected chi connectivity index (χ1v) is 7.04. The van der Waals surface area contributed by atoms with Gasteiger partial charge in [0.25, 0.3) is 0 Å². The van der Waals surface area contributed by atoms with Gasteiger partial charge in [-0.1, -0.05) is 49.4 Å². The van der Waals surface area contributed by atoms with Crippen LogP contribution in [-0.2, 0) is 5.41 Å². The largest absolute Gasteiger partial charge is 0.305 e. The second-order valence-corrected chi connectivity index (χ2v) is 6.01. The molecule has 2 aromatic rings. The van der Waals surface area contributed by atoms with Crippen LogP contribution in [0.25, 0.3) is 0 Å². The Hall–Kier alpha value is -1.75. The summed E-state index contributed by atoms with van der Waals surface area (Å²) < 4.78 is 0. The molecule has 2 unspecified atom stereocenters. The van der Waals surface area contributed by atoms with Gasteiger partial charge in [0.1, 0.15) is 0 Å². The summed E-state index contributed by atoms with van der Waals surface area (Å²) in [7, 11) is 0. The lowest BCUT2D eigenvalue weighted by Gasteiger charge is -2.30. The van der Waals surface area contributed by atoms with Crippen molar-refractivity contribution in [1.82, 2.24) is 25.9 Å². The van der Waals surface area contributed by atoms with Gasteiger partial charge in [-0.05, 0) is 31.2 Å². The summed E-state index contributed by atoms with van der Waals surface area (Å²) in [5.41, 5.74) is 1.49. The minimum absolute atomic E-state index is 0.0929. The minimum atomic E-state index is 0.0929. The zero-order chi connectivity index (χ0) is 14.6. The molecule has 0 aliphatic rings. The fourth-order valence-corrected chi connectivity index (χ4v) is 2.69. The predicted molar refractivity (Wildman–Crippen MR) is 79.3 cm³/mol. The Morgan fingerprint density at radius 3 is 2.50 bits per heavy atom. The van der Waals surface area contributed by atoms with E-state index in [1.165, 1.54) is 5.56 Å². The van der Waals surface area contributed by atoms with E-state index in [0.717, 1.165) is 6.42 Å². The van der Waals surface area contributed by atoms with Crippen molar-refractivity contribution in [2.24, 2.45) is 0 Å². The van der Waals surface area contributed by atoms with Gasteiger partial charge in [-0.3, -0.25) is 0 Å². The highest BCUT2D eigenvalue weighted by atomic mass is 15.5. The molecule has 5 heteroatoms. The number of hydrogen-bond acceptors (Lipinski definition) is 4. The third-order valence-corrected chi connectivity index (χ3v) is 3.66. The monoisotopic (exact) mass is 273 g/mol. The molecule has 0 bridgehead atoms. The average molecular weight is 273 g/mol. The summed E-state index contributed by atoms with van der Waals surface area (Å²) >= 11 is 0. The standard InChI is InChI=1S/C15H23N5/c1-11(16-12(2)14-17-19-20-18-14)10-15(3,4)13-8-6-5-7-9-13/h5-9,11-12,16H,10H2,1-4H3,(H,17,18,19,20). The number of tetrazole rings is 1. The van der Waals surface area contributed by atoms with Crippen molar-refractivity contribution in [3.63, 3.8) is 0 Å². The Morgan fingerprint density at radius 1 is 1.20 bits per heavy atom. The van der Waals surface area contributed by atoms with Crippen molar-refractivity contribution < 1.29 is 0 Å². The van der Waals surface area contributed by atoms with Crippen LogP contribution in [0.5, 0.6) is 0 Å². The zero-order valence-electron chi connectivity index (χ0n) is 12.6. The number of aromatic amines is 1. The smallest absolute Gasteiger partial charge is 0.191 e. The third kappa shape index (κ3) is 3.63. The second kappa shape index (κ2) is 6.13. The fourth-order valence-electron chi connectivity index (χ4n) is 2.69. The van der Waals surface area contributed by atoms with Crippen molar-refractivity contribution in [2.45, 2.75) is 51.6 Å². The summed E-state index contributed by atoms with van der Waals surface area (Å²) in [5, 5.41) is 17.6. The van der Waals surface area contributed by atoms with E-state index in [4.69, 9.17) is 0 Å². The first-order chi connectivity index (χ1) is 9.49. The molecule has 0 radical (unpaired) electrons. The lowest BCUT2D eigenvalue weighted by molar-refractivity contribution is 0.361. The van der Waals surface area contributed by atoms with E-state index in [-0.39, 0.29) is 11.5 Å². The van der Waals surface area contributed by atoms with Crippen LogP contribution in [0.15, 0.2) is 30.3 Å². The molecule has 2 rings (SSSR count). The van der Waals surface area contributed by atoms with Crippen LogP contribution in [0.3, 0.4) is 0 Å². The molecule has 0 saturated carbocycles. The lowest BCUT2D eigenvalue weighted by Crippen LogP contribution is -2.35. The van der Waals surface area contributed by atoms with Gasteiger partial charge < -0.3 is 5.32 Å². The van der Waals surface area contributed by atoms with Crippen LogP contribution in [0, 0.1) is 0 Å². The van der Waals surface area contributed by atoms with Gasteiger partial charge >= 0.3 is 0 Å². The van der Waals surface area contributed by atoms with Crippen molar-refractivity contribution in [3.8, 4) is 0 Å². The van der Waals surface area contributed by atoms with Gasteiger partial charge in [0, 0.05) is 6.04 Å². The minimum Gasteiger partial charge on any atom is -0.305 e. The summed E-state index contributed by atoms with van der Waals surface area (Å²) in [6.45, 7) is 8.80. The molecule has 108 valence electrons. The molecule has 20 heavy (non-hydrogen) atoms. The van der Waals surface area contributed by atoms with Gasteiger partial charge in [0.15, 0.2) is 5.82 Å². The Labute approximate surface area is 120 Å². The molecule has 0 aliphatic carbocycles. The van der Waals surface area contributed by atoms with E-state index in [9.17, 15) is 0 Å². The van der Waals surface area contributed by atoms with Crippen LogP contribution < -0.4 is 5.32 Å². The molecule has 1 aromatic carbocycles. The molecular formula is C15H23N5. The molecule has 1 aromatic heterocycles. The maximum atomic E-state index is 4.01. The maximum absolute atomic E-state index is 4.01. The van der Waals surface area contributed by atoms with E-state index in [0.29, 0.717) is 11.9 Å². The van der Waals surface area contributed by atoms with Crippen LogP contribution in [-0.4, -0.2) is 26.7 Å². The zero-order valence-corrected chi connectivity index (χ0v) is 12.6. The Bertz CT molecular complexity index is 506. The first-order valence-electron chi connectivity index (χ1n) is 7.04. The molecule has 0 spiro atoms. The molecule has 0 fully saturated rings. The SMILES string of the molecule is CC(CC(C)(C)c1ccccc1)NC(C)c1nn[nH]n1. The van der Waals surface area contributed by atoms with Crippen molar-refractivity contribution in [3.05, 3.63) is 41.7 Å². The number of rotatable bonds is 6. The molecule has 2 N–H and O–H groups in total. The first kappa shape index (κ1) is 14.7. The summed E-state index contributed by atoms with van der Waals surface area (Å²) in [5.74, 6) is 0.703. The number of aromatic nitrogens is 4. The maximum Gasteiger partial charge on any atom is 0.191 e. The predicted octanol–water partition coefficient (Wildman–Crippen LogP) is 2.61.